The molecule has 1 saturated heterocycles. The lowest BCUT2D eigenvalue weighted by atomic mass is 9.98. The Bertz CT molecular complexity index is 835. The molecule has 0 atom stereocenters. The van der Waals surface area contributed by atoms with Gasteiger partial charge in [-0.25, -0.2) is 4.98 Å². The van der Waals surface area contributed by atoms with Crippen molar-refractivity contribution in [1.29, 1.82) is 0 Å². The van der Waals surface area contributed by atoms with Crippen LogP contribution in [0.3, 0.4) is 0 Å². The number of hydrogen-bond donors (Lipinski definition) is 0. The molecule has 0 N–H and O–H groups in total. The summed E-state index contributed by atoms with van der Waals surface area (Å²) in [5.41, 5.74) is 3.08. The molecule has 4 heterocycles. The van der Waals surface area contributed by atoms with Crippen molar-refractivity contribution >= 4 is 17.2 Å². The lowest BCUT2D eigenvalue weighted by molar-refractivity contribution is 0.0592. The van der Waals surface area contributed by atoms with Gasteiger partial charge in [-0.1, -0.05) is 6.07 Å². The Kier molecular flexibility index (Phi) is 3.90. The summed E-state index contributed by atoms with van der Waals surface area (Å²) in [4.78, 5) is 23.0. The number of nitrogens with zero attached hydrogens (tertiary/aromatic N) is 4. The first-order valence-electron chi connectivity index (χ1n) is 7.95. The van der Waals surface area contributed by atoms with Crippen molar-refractivity contribution in [3.63, 3.8) is 0 Å². The second kappa shape index (κ2) is 6.20. The van der Waals surface area contributed by atoms with Gasteiger partial charge in [-0.15, -0.1) is 0 Å². The van der Waals surface area contributed by atoms with Crippen molar-refractivity contribution in [2.24, 2.45) is 0 Å². The molecule has 0 aliphatic carbocycles. The third-order valence-electron chi connectivity index (χ3n) is 4.45. The highest BCUT2D eigenvalue weighted by Gasteiger charge is 2.35. The summed E-state index contributed by atoms with van der Waals surface area (Å²) < 4.78 is 2.23. The molecule has 122 valence electrons. The first-order valence-corrected chi connectivity index (χ1v) is 8.89. The van der Waals surface area contributed by atoms with E-state index < -0.39 is 0 Å². The van der Waals surface area contributed by atoms with Crippen LogP contribution in [0, 0.1) is 6.92 Å². The lowest BCUT2D eigenvalue weighted by Crippen LogP contribution is -2.49. The molecule has 5 nitrogen and oxygen atoms in total. The Morgan fingerprint density at radius 1 is 1.33 bits per heavy atom. The maximum atomic E-state index is 12.3. The van der Waals surface area contributed by atoms with Crippen LogP contribution in [0.4, 0.5) is 0 Å². The Morgan fingerprint density at radius 3 is 2.92 bits per heavy atom. The standard InChI is InChI=1S/C18H18N4OS/c1-13-7-20-17(22(13)9-14-3-2-5-19-8-14)16-10-21(11-16)18(23)15-4-6-24-12-15/h2-8,12,16H,9-11H2,1H3. The number of pyridine rings is 1. The molecule has 0 saturated carbocycles. The van der Waals surface area contributed by atoms with Crippen molar-refractivity contribution in [3.05, 3.63) is 70.2 Å². The van der Waals surface area contributed by atoms with E-state index >= 15 is 0 Å². The smallest absolute Gasteiger partial charge is 0.254 e. The summed E-state index contributed by atoms with van der Waals surface area (Å²) in [7, 11) is 0. The van der Waals surface area contributed by atoms with Crippen molar-refractivity contribution < 1.29 is 4.79 Å². The average Bonchev–Trinajstić information content (AvgIpc) is 3.20. The van der Waals surface area contributed by atoms with Crippen LogP contribution in [0.5, 0.6) is 0 Å². The van der Waals surface area contributed by atoms with Crippen molar-refractivity contribution in [1.82, 2.24) is 19.4 Å². The van der Waals surface area contributed by atoms with Gasteiger partial charge >= 0.3 is 0 Å². The Hall–Kier alpha value is -2.47. The molecule has 1 fully saturated rings. The van der Waals surface area contributed by atoms with Gasteiger partial charge in [0.05, 0.1) is 18.0 Å². The minimum atomic E-state index is 0.120. The summed E-state index contributed by atoms with van der Waals surface area (Å²) in [6.45, 7) is 4.31. The summed E-state index contributed by atoms with van der Waals surface area (Å²) in [5.74, 6) is 1.48. The normalized spacial score (nSPS) is 14.6. The van der Waals surface area contributed by atoms with Gasteiger partial charge in [0.1, 0.15) is 5.82 Å². The second-order valence-electron chi connectivity index (χ2n) is 6.12. The number of likely N-dealkylation sites (tertiary alicyclic amines) is 1. The number of carbonyl (C=O) groups excluding carboxylic acids is 1. The number of hydrogen-bond acceptors (Lipinski definition) is 4. The number of rotatable bonds is 4. The van der Waals surface area contributed by atoms with Crippen LogP contribution in [-0.2, 0) is 6.54 Å². The van der Waals surface area contributed by atoms with Gasteiger partial charge in [0.15, 0.2) is 0 Å². The van der Waals surface area contributed by atoms with E-state index in [0.717, 1.165) is 42.3 Å². The molecule has 0 spiro atoms. The highest BCUT2D eigenvalue weighted by atomic mass is 32.1. The highest BCUT2D eigenvalue weighted by molar-refractivity contribution is 7.08. The van der Waals surface area contributed by atoms with E-state index in [4.69, 9.17) is 0 Å². The van der Waals surface area contributed by atoms with Crippen LogP contribution in [0.2, 0.25) is 0 Å². The molecule has 3 aromatic heterocycles. The predicted molar refractivity (Wildman–Crippen MR) is 93.3 cm³/mol. The number of imidazole rings is 1. The Morgan fingerprint density at radius 2 is 2.21 bits per heavy atom. The van der Waals surface area contributed by atoms with Gasteiger partial charge in [-0.05, 0) is 30.0 Å². The number of amides is 1. The van der Waals surface area contributed by atoms with Gasteiger partial charge in [0.2, 0.25) is 0 Å². The number of thiophene rings is 1. The van der Waals surface area contributed by atoms with Crippen LogP contribution < -0.4 is 0 Å². The zero-order valence-corrected chi connectivity index (χ0v) is 14.2. The van der Waals surface area contributed by atoms with Crippen molar-refractivity contribution in [2.45, 2.75) is 19.4 Å². The first-order chi connectivity index (χ1) is 11.7. The minimum Gasteiger partial charge on any atom is -0.337 e. The fourth-order valence-corrected chi connectivity index (χ4v) is 3.69. The van der Waals surface area contributed by atoms with Gasteiger partial charge in [-0.3, -0.25) is 9.78 Å². The fourth-order valence-electron chi connectivity index (χ4n) is 3.06. The largest absolute Gasteiger partial charge is 0.337 e. The number of aromatic nitrogens is 3. The third-order valence-corrected chi connectivity index (χ3v) is 5.13. The zero-order valence-electron chi connectivity index (χ0n) is 13.4. The quantitative estimate of drug-likeness (QED) is 0.735. The highest BCUT2D eigenvalue weighted by Crippen LogP contribution is 2.29. The van der Waals surface area contributed by atoms with E-state index in [1.54, 1.807) is 17.5 Å². The minimum absolute atomic E-state index is 0.120. The molecule has 0 radical (unpaired) electrons. The van der Waals surface area contributed by atoms with Crippen molar-refractivity contribution in [2.75, 3.05) is 13.1 Å². The second-order valence-corrected chi connectivity index (χ2v) is 6.90. The van der Waals surface area contributed by atoms with Gasteiger partial charge in [0.25, 0.3) is 5.91 Å². The summed E-state index contributed by atoms with van der Waals surface area (Å²) >= 11 is 1.55. The first kappa shape index (κ1) is 15.1. The number of aryl methyl sites for hydroxylation is 1. The fraction of sp³-hybridized carbons (Fsp3) is 0.278. The Labute approximate surface area is 144 Å². The summed E-state index contributed by atoms with van der Waals surface area (Å²) in [6.07, 6.45) is 5.58. The molecule has 0 aromatic carbocycles. The van der Waals surface area contributed by atoms with Crippen molar-refractivity contribution in [3.8, 4) is 0 Å². The maximum Gasteiger partial charge on any atom is 0.254 e. The molecule has 1 amide bonds. The maximum absolute atomic E-state index is 12.3. The van der Waals surface area contributed by atoms with E-state index in [0.29, 0.717) is 5.92 Å². The van der Waals surface area contributed by atoms with E-state index in [1.807, 2.05) is 40.2 Å². The Balaban J connectivity index is 1.48. The van der Waals surface area contributed by atoms with Gasteiger partial charge < -0.3 is 9.47 Å². The zero-order chi connectivity index (χ0) is 16.5. The van der Waals surface area contributed by atoms with E-state index in [1.165, 1.54) is 0 Å². The molecule has 1 aliphatic heterocycles. The van der Waals surface area contributed by atoms with Crippen LogP contribution in [-0.4, -0.2) is 38.4 Å². The topological polar surface area (TPSA) is 51.0 Å². The number of carbonyl (C=O) groups is 1. The van der Waals surface area contributed by atoms with Gasteiger partial charge in [-0.2, -0.15) is 11.3 Å². The molecule has 0 bridgehead atoms. The monoisotopic (exact) mass is 338 g/mol. The van der Waals surface area contributed by atoms with Crippen LogP contribution in [0.25, 0.3) is 0 Å². The summed E-state index contributed by atoms with van der Waals surface area (Å²) in [5, 5.41) is 3.84. The average molecular weight is 338 g/mol. The molecular weight excluding hydrogens is 320 g/mol. The summed E-state index contributed by atoms with van der Waals surface area (Å²) in [6, 6.07) is 5.91. The van der Waals surface area contributed by atoms with Crippen LogP contribution in [0.15, 0.2) is 47.5 Å². The van der Waals surface area contributed by atoms with Gasteiger partial charge in [0, 0.05) is 42.8 Å². The van der Waals surface area contributed by atoms with E-state index in [9.17, 15) is 4.79 Å². The third kappa shape index (κ3) is 2.73. The SMILES string of the molecule is Cc1cnc(C2CN(C(=O)c3ccsc3)C2)n1Cc1cccnc1. The molecular formula is C18H18N4OS. The molecule has 6 heteroatoms. The molecule has 4 rings (SSSR count). The van der Waals surface area contributed by atoms with E-state index in [-0.39, 0.29) is 5.91 Å². The lowest BCUT2D eigenvalue weighted by Gasteiger charge is -2.39. The van der Waals surface area contributed by atoms with E-state index in [2.05, 4.69) is 27.5 Å². The molecule has 1 aliphatic rings. The molecule has 0 unspecified atom stereocenters. The van der Waals surface area contributed by atoms with Crippen LogP contribution >= 0.6 is 11.3 Å². The molecule has 3 aromatic rings. The van der Waals surface area contributed by atoms with Crippen LogP contribution in [0.1, 0.15) is 33.4 Å². The molecule has 24 heavy (non-hydrogen) atoms. The predicted octanol–water partition coefficient (Wildman–Crippen LogP) is 2.94.